The second-order valence-corrected chi connectivity index (χ2v) is 14.1. The minimum absolute atomic E-state index is 0.655. The van der Waals surface area contributed by atoms with Gasteiger partial charge in [0.15, 0.2) is 0 Å². The van der Waals surface area contributed by atoms with Crippen LogP contribution in [0.4, 0.5) is 0 Å². The van der Waals surface area contributed by atoms with Crippen LogP contribution in [-0.4, -0.2) is 19.1 Å². The third-order valence-corrected chi connectivity index (χ3v) is 11.0. The highest BCUT2D eigenvalue weighted by molar-refractivity contribution is 6.27. The number of hydrogen-bond donors (Lipinski definition) is 0. The van der Waals surface area contributed by atoms with Crippen molar-refractivity contribution in [3.05, 3.63) is 188 Å². The summed E-state index contributed by atoms with van der Waals surface area (Å²) in [5.74, 6) is 0.655. The first-order valence-corrected chi connectivity index (χ1v) is 18.6. The molecule has 4 heteroatoms. The van der Waals surface area contributed by atoms with Crippen molar-refractivity contribution in [2.75, 3.05) is 0 Å². The summed E-state index contributed by atoms with van der Waals surface area (Å²) in [5.41, 5.74) is 12.4. The summed E-state index contributed by atoms with van der Waals surface area (Å²) in [4.78, 5) is 10.8. The summed E-state index contributed by atoms with van der Waals surface area (Å²) in [5, 5.41) is 7.19. The first kappa shape index (κ1) is 30.6. The van der Waals surface area contributed by atoms with Crippen LogP contribution in [0.2, 0.25) is 0 Å². The molecule has 4 nitrogen and oxygen atoms in total. The molecule has 0 saturated carbocycles. The molecule has 7 aromatic carbocycles. The van der Waals surface area contributed by atoms with E-state index in [4.69, 9.17) is 9.97 Å². The van der Waals surface area contributed by atoms with Crippen molar-refractivity contribution in [2.45, 2.75) is 12.8 Å². The van der Waals surface area contributed by atoms with Gasteiger partial charge in [-0.25, -0.2) is 9.97 Å². The van der Waals surface area contributed by atoms with Gasteiger partial charge in [-0.2, -0.15) is 0 Å². The molecular formula is C50H34N4. The van der Waals surface area contributed by atoms with Crippen molar-refractivity contribution in [3.8, 4) is 28.5 Å². The topological polar surface area (TPSA) is 35.6 Å². The van der Waals surface area contributed by atoms with E-state index in [1.165, 1.54) is 60.2 Å². The number of para-hydroxylation sites is 1. The van der Waals surface area contributed by atoms with Gasteiger partial charge < -0.3 is 4.57 Å². The van der Waals surface area contributed by atoms with E-state index in [2.05, 4.69) is 179 Å². The number of rotatable bonds is 5. The first-order valence-electron chi connectivity index (χ1n) is 18.6. The molecule has 0 aliphatic heterocycles. The molecule has 1 aliphatic rings. The van der Waals surface area contributed by atoms with Gasteiger partial charge >= 0.3 is 0 Å². The van der Waals surface area contributed by atoms with E-state index in [1.54, 1.807) is 0 Å². The molecule has 0 amide bonds. The fraction of sp³-hybridized carbons (Fsp3) is 0.0400. The lowest BCUT2D eigenvalue weighted by Crippen LogP contribution is -2.04. The third-order valence-electron chi connectivity index (χ3n) is 11.0. The molecule has 0 spiro atoms. The summed E-state index contributed by atoms with van der Waals surface area (Å²) in [6.07, 6.45) is 6.57. The molecule has 3 aromatic heterocycles. The molecule has 0 saturated heterocycles. The summed E-state index contributed by atoms with van der Waals surface area (Å²) in [6, 6.07) is 60.5. The Bertz CT molecular complexity index is 3070. The van der Waals surface area contributed by atoms with Gasteiger partial charge in [0.05, 0.1) is 33.5 Å². The fourth-order valence-electron chi connectivity index (χ4n) is 8.51. The predicted octanol–water partition coefficient (Wildman–Crippen LogP) is 12.9. The lowest BCUT2D eigenvalue weighted by molar-refractivity contribution is 0.991. The zero-order chi connectivity index (χ0) is 35.6. The van der Waals surface area contributed by atoms with Crippen LogP contribution in [0.5, 0.6) is 0 Å². The van der Waals surface area contributed by atoms with E-state index < -0.39 is 0 Å². The molecule has 0 N–H and O–H groups in total. The van der Waals surface area contributed by atoms with Crippen LogP contribution in [0, 0.1) is 0 Å². The molecule has 54 heavy (non-hydrogen) atoms. The average molecular weight is 691 g/mol. The summed E-state index contributed by atoms with van der Waals surface area (Å²) in [7, 11) is 0. The number of allylic oxidation sites excluding steroid dienone is 4. The fourth-order valence-corrected chi connectivity index (χ4v) is 8.51. The van der Waals surface area contributed by atoms with Crippen LogP contribution in [0.25, 0.3) is 94.1 Å². The Morgan fingerprint density at radius 3 is 1.69 bits per heavy atom. The van der Waals surface area contributed by atoms with Crippen LogP contribution >= 0.6 is 0 Å². The standard InChI is InChI=1S/C50H34N4/c1-4-14-33(15-5-1)34-24-26-39(27-25-34)53-45-23-13-12-22-41(45)48-46(53)29-28-40-42-30-37-20-10-11-21-38(37)31-47(42)54(49(40)48)50-51-43(35-16-6-2-7-17-35)32-44(52-50)36-18-8-3-9-19-36/h1-24,26,28-32H,25,27H2. The summed E-state index contributed by atoms with van der Waals surface area (Å²) >= 11 is 0. The zero-order valence-corrected chi connectivity index (χ0v) is 29.5. The van der Waals surface area contributed by atoms with Gasteiger partial charge in [-0.15, -0.1) is 0 Å². The minimum Gasteiger partial charge on any atom is -0.313 e. The van der Waals surface area contributed by atoms with Gasteiger partial charge in [0.25, 0.3) is 0 Å². The predicted molar refractivity (Wildman–Crippen MR) is 226 cm³/mol. The molecule has 0 bridgehead atoms. The molecule has 1 aliphatic carbocycles. The van der Waals surface area contributed by atoms with Crippen LogP contribution in [0.1, 0.15) is 18.4 Å². The van der Waals surface area contributed by atoms with E-state index in [0.717, 1.165) is 46.4 Å². The maximum absolute atomic E-state index is 5.40. The molecule has 0 radical (unpaired) electrons. The minimum atomic E-state index is 0.655. The molecule has 11 rings (SSSR count). The Balaban J connectivity index is 1.26. The van der Waals surface area contributed by atoms with Gasteiger partial charge in [0.2, 0.25) is 5.95 Å². The number of hydrogen-bond acceptors (Lipinski definition) is 2. The monoisotopic (exact) mass is 690 g/mol. The van der Waals surface area contributed by atoms with E-state index in [-0.39, 0.29) is 0 Å². The molecule has 0 unspecified atom stereocenters. The SMILES string of the molecule is C1=C(c2ccccc2)CCC(n2c3ccccc3c3c2ccc2c4cc5ccccc5cc4n(-c4nc(-c5ccccc5)cc(-c5ccccc5)n4)c23)=C1. The van der Waals surface area contributed by atoms with Crippen molar-refractivity contribution >= 4 is 65.7 Å². The van der Waals surface area contributed by atoms with Crippen LogP contribution in [-0.2, 0) is 0 Å². The highest BCUT2D eigenvalue weighted by atomic mass is 15.2. The summed E-state index contributed by atoms with van der Waals surface area (Å²) in [6.45, 7) is 0. The van der Waals surface area contributed by atoms with Gasteiger partial charge in [-0.1, -0.05) is 146 Å². The zero-order valence-electron chi connectivity index (χ0n) is 29.5. The lowest BCUT2D eigenvalue weighted by Gasteiger charge is -2.18. The maximum Gasteiger partial charge on any atom is 0.235 e. The van der Waals surface area contributed by atoms with Crippen molar-refractivity contribution < 1.29 is 0 Å². The van der Waals surface area contributed by atoms with Crippen LogP contribution < -0.4 is 0 Å². The Hall–Kier alpha value is -7.04. The average Bonchev–Trinajstić information content (AvgIpc) is 3.76. The van der Waals surface area contributed by atoms with Crippen molar-refractivity contribution in [1.29, 1.82) is 0 Å². The lowest BCUT2D eigenvalue weighted by atomic mass is 9.96. The largest absolute Gasteiger partial charge is 0.313 e. The quantitative estimate of drug-likeness (QED) is 0.180. The van der Waals surface area contributed by atoms with E-state index in [1.807, 2.05) is 12.1 Å². The van der Waals surface area contributed by atoms with E-state index in [9.17, 15) is 0 Å². The Morgan fingerprint density at radius 1 is 0.407 bits per heavy atom. The molecule has 10 aromatic rings. The molecule has 0 atom stereocenters. The number of aromatic nitrogens is 4. The van der Waals surface area contributed by atoms with Gasteiger partial charge in [-0.3, -0.25) is 4.57 Å². The second kappa shape index (κ2) is 12.3. The highest BCUT2D eigenvalue weighted by Gasteiger charge is 2.24. The molecule has 254 valence electrons. The molecule has 3 heterocycles. The smallest absolute Gasteiger partial charge is 0.235 e. The highest BCUT2D eigenvalue weighted by Crippen LogP contribution is 2.44. The van der Waals surface area contributed by atoms with Gasteiger partial charge in [0, 0.05) is 38.4 Å². The Morgan fingerprint density at radius 2 is 1.02 bits per heavy atom. The summed E-state index contributed by atoms with van der Waals surface area (Å²) < 4.78 is 4.81. The number of benzene rings is 7. The van der Waals surface area contributed by atoms with Crippen LogP contribution in [0.3, 0.4) is 0 Å². The van der Waals surface area contributed by atoms with Gasteiger partial charge in [0.1, 0.15) is 0 Å². The first-order chi connectivity index (χ1) is 26.8. The van der Waals surface area contributed by atoms with E-state index >= 15 is 0 Å². The van der Waals surface area contributed by atoms with Gasteiger partial charge in [-0.05, 0) is 71.2 Å². The Labute approximate surface area is 312 Å². The number of nitrogens with zero attached hydrogens (tertiary/aromatic N) is 4. The van der Waals surface area contributed by atoms with Crippen molar-refractivity contribution in [1.82, 2.24) is 19.1 Å². The third kappa shape index (κ3) is 4.84. The van der Waals surface area contributed by atoms with Crippen molar-refractivity contribution in [3.63, 3.8) is 0 Å². The second-order valence-electron chi connectivity index (χ2n) is 14.1. The number of fused-ring (bicyclic) bond motifs is 8. The van der Waals surface area contributed by atoms with Crippen molar-refractivity contribution in [2.24, 2.45) is 0 Å². The maximum atomic E-state index is 5.40. The normalized spacial score (nSPS) is 13.3. The molecule has 0 fully saturated rings. The molecular weight excluding hydrogens is 657 g/mol. The van der Waals surface area contributed by atoms with Crippen LogP contribution in [0.15, 0.2) is 182 Å². The van der Waals surface area contributed by atoms with E-state index in [0.29, 0.717) is 5.95 Å². The Kier molecular flexibility index (Phi) is 6.96.